The number of alkyl halides is 1. The quantitative estimate of drug-likeness (QED) is 0.705. The molecule has 1 fully saturated rings. The zero-order valence-electron chi connectivity index (χ0n) is 14.6. The van der Waals surface area contributed by atoms with Crippen molar-refractivity contribution in [1.82, 2.24) is 10.6 Å². The molecule has 2 aromatic carbocycles. The monoisotopic (exact) mass is 385 g/mol. The van der Waals surface area contributed by atoms with Gasteiger partial charge >= 0.3 is 5.97 Å². The van der Waals surface area contributed by atoms with Crippen LogP contribution in [-0.2, 0) is 4.79 Å². The first kappa shape index (κ1) is 18.0. The lowest BCUT2D eigenvalue weighted by Gasteiger charge is -2.32. The maximum Gasteiger partial charge on any atom is 0.331 e. The number of halogens is 1. The van der Waals surface area contributed by atoms with Crippen molar-refractivity contribution in [3.8, 4) is 11.5 Å². The molecule has 2 atom stereocenters. The molecule has 0 bridgehead atoms. The summed E-state index contributed by atoms with van der Waals surface area (Å²) in [6, 6.07) is 14.5. The van der Waals surface area contributed by atoms with Gasteiger partial charge in [-0.05, 0) is 30.7 Å². The molecule has 2 unspecified atom stereocenters. The van der Waals surface area contributed by atoms with Crippen LogP contribution >= 0.6 is 11.6 Å². The first-order valence-electron chi connectivity index (χ1n) is 8.90. The minimum atomic E-state index is -1.69. The van der Waals surface area contributed by atoms with Crippen LogP contribution < -0.4 is 15.4 Å². The van der Waals surface area contributed by atoms with Crippen LogP contribution in [0.15, 0.2) is 53.5 Å². The SMILES string of the molecule is O=C(O)C(Cl)(CC1CNCCN1)C1=Nc2ccccc2Oc2ccccc21. The van der Waals surface area contributed by atoms with E-state index in [4.69, 9.17) is 16.3 Å². The normalized spacial score (nSPS) is 20.9. The number of nitrogens with one attached hydrogen (secondary N) is 2. The van der Waals surface area contributed by atoms with Crippen molar-refractivity contribution in [1.29, 1.82) is 0 Å². The zero-order chi connectivity index (χ0) is 18.9. The maximum absolute atomic E-state index is 12.3. The maximum atomic E-state index is 12.3. The lowest BCUT2D eigenvalue weighted by Crippen LogP contribution is -2.54. The van der Waals surface area contributed by atoms with Gasteiger partial charge in [-0.1, -0.05) is 35.9 Å². The van der Waals surface area contributed by atoms with Gasteiger partial charge in [0.2, 0.25) is 0 Å². The first-order valence-corrected chi connectivity index (χ1v) is 9.27. The summed E-state index contributed by atoms with van der Waals surface area (Å²) >= 11 is 6.80. The summed E-state index contributed by atoms with van der Waals surface area (Å²) in [6.45, 7) is 2.28. The fraction of sp³-hybridized carbons (Fsp3) is 0.300. The molecular weight excluding hydrogens is 366 g/mol. The number of hydrogen-bond acceptors (Lipinski definition) is 5. The Kier molecular flexibility index (Phi) is 4.86. The lowest BCUT2D eigenvalue weighted by molar-refractivity contribution is -0.138. The predicted molar refractivity (Wildman–Crippen MR) is 105 cm³/mol. The molecule has 0 amide bonds. The molecule has 0 radical (unpaired) electrons. The molecule has 0 spiro atoms. The van der Waals surface area contributed by atoms with Gasteiger partial charge in [0.1, 0.15) is 11.4 Å². The second-order valence-electron chi connectivity index (χ2n) is 6.69. The molecule has 2 aliphatic rings. The van der Waals surface area contributed by atoms with Gasteiger partial charge in [-0.3, -0.25) is 0 Å². The van der Waals surface area contributed by atoms with E-state index in [1.165, 1.54) is 0 Å². The van der Waals surface area contributed by atoms with Crippen molar-refractivity contribution in [3.63, 3.8) is 0 Å². The minimum absolute atomic E-state index is 0.0679. The van der Waals surface area contributed by atoms with E-state index in [1.807, 2.05) is 30.3 Å². The summed E-state index contributed by atoms with van der Waals surface area (Å²) in [5.41, 5.74) is 1.45. The largest absolute Gasteiger partial charge is 0.480 e. The number of aliphatic carboxylic acids is 1. The molecule has 2 aliphatic heterocycles. The topological polar surface area (TPSA) is 83.0 Å². The number of carboxylic acid groups (broad SMARTS) is 1. The average Bonchev–Trinajstić information content (AvgIpc) is 2.85. The van der Waals surface area contributed by atoms with Gasteiger partial charge in [-0.2, -0.15) is 0 Å². The molecule has 3 N–H and O–H groups in total. The van der Waals surface area contributed by atoms with Gasteiger partial charge in [0.15, 0.2) is 10.6 Å². The fourth-order valence-corrected chi connectivity index (χ4v) is 3.80. The summed E-state index contributed by atoms with van der Waals surface area (Å²) in [7, 11) is 0. The molecule has 27 heavy (non-hydrogen) atoms. The highest BCUT2D eigenvalue weighted by molar-refractivity contribution is 6.49. The predicted octanol–water partition coefficient (Wildman–Crippen LogP) is 2.93. The Bertz CT molecular complexity index is 896. The van der Waals surface area contributed by atoms with E-state index in [0.29, 0.717) is 35.0 Å². The van der Waals surface area contributed by atoms with Gasteiger partial charge in [0.25, 0.3) is 0 Å². The third-order valence-electron chi connectivity index (χ3n) is 4.83. The number of piperazine rings is 1. The summed E-state index contributed by atoms with van der Waals surface area (Å²) in [5.74, 6) is -0.00603. The summed E-state index contributed by atoms with van der Waals surface area (Å²) < 4.78 is 6.00. The number of benzene rings is 2. The molecule has 0 aromatic heterocycles. The highest BCUT2D eigenvalue weighted by atomic mass is 35.5. The Morgan fingerprint density at radius 2 is 1.93 bits per heavy atom. The Morgan fingerprint density at radius 1 is 1.19 bits per heavy atom. The standard InChI is InChI=1S/C20H20ClN3O3/c21-20(19(25)26,11-13-12-22-9-10-23-13)18-14-5-1-3-7-16(14)27-17-8-4-2-6-15(17)24-18/h1-8,13,22-23H,9-12H2,(H,25,26). The van der Waals surface area contributed by atoms with Gasteiger partial charge in [0.05, 0.1) is 5.71 Å². The second kappa shape index (κ2) is 7.31. The van der Waals surface area contributed by atoms with Crippen LogP contribution in [-0.4, -0.2) is 47.3 Å². The van der Waals surface area contributed by atoms with Crippen molar-refractivity contribution < 1.29 is 14.6 Å². The van der Waals surface area contributed by atoms with Gasteiger partial charge in [-0.25, -0.2) is 9.79 Å². The molecule has 2 aromatic rings. The average molecular weight is 386 g/mol. The van der Waals surface area contributed by atoms with Crippen LogP contribution in [0.2, 0.25) is 0 Å². The van der Waals surface area contributed by atoms with Crippen LogP contribution in [0.5, 0.6) is 11.5 Å². The first-order chi connectivity index (χ1) is 13.1. The van der Waals surface area contributed by atoms with Crippen molar-refractivity contribution in [2.45, 2.75) is 17.3 Å². The number of carbonyl (C=O) groups is 1. The van der Waals surface area contributed by atoms with Crippen LogP contribution in [0.4, 0.5) is 5.69 Å². The van der Waals surface area contributed by atoms with Crippen LogP contribution in [0.1, 0.15) is 12.0 Å². The number of nitrogens with zero attached hydrogens (tertiary/aromatic N) is 1. The number of rotatable bonds is 4. The molecule has 4 rings (SSSR count). The highest BCUT2D eigenvalue weighted by Gasteiger charge is 2.46. The lowest BCUT2D eigenvalue weighted by atomic mass is 9.88. The summed E-state index contributed by atoms with van der Waals surface area (Å²) in [6.07, 6.45) is 0.201. The van der Waals surface area contributed by atoms with Crippen LogP contribution in [0, 0.1) is 0 Å². The molecule has 6 nitrogen and oxygen atoms in total. The Morgan fingerprint density at radius 3 is 2.67 bits per heavy atom. The van der Waals surface area contributed by atoms with E-state index >= 15 is 0 Å². The molecule has 0 aliphatic carbocycles. The number of para-hydroxylation sites is 3. The Labute approximate surface area is 162 Å². The van der Waals surface area contributed by atoms with E-state index in [2.05, 4.69) is 15.6 Å². The molecule has 7 heteroatoms. The van der Waals surface area contributed by atoms with Gasteiger partial charge in [-0.15, -0.1) is 0 Å². The third kappa shape index (κ3) is 3.43. The number of hydrogen-bond donors (Lipinski definition) is 3. The van der Waals surface area contributed by atoms with Crippen LogP contribution in [0.25, 0.3) is 0 Å². The summed E-state index contributed by atoms with van der Waals surface area (Å²) in [4.78, 5) is 15.3. The molecule has 0 saturated carbocycles. The van der Waals surface area contributed by atoms with Gasteiger partial charge < -0.3 is 20.5 Å². The molecule has 2 heterocycles. The highest BCUT2D eigenvalue weighted by Crippen LogP contribution is 2.41. The smallest absolute Gasteiger partial charge is 0.331 e. The van der Waals surface area contributed by atoms with Crippen molar-refractivity contribution in [3.05, 3.63) is 54.1 Å². The van der Waals surface area contributed by atoms with Crippen molar-refractivity contribution in [2.24, 2.45) is 4.99 Å². The van der Waals surface area contributed by atoms with E-state index in [0.717, 1.165) is 13.1 Å². The number of ether oxygens (including phenoxy) is 1. The Balaban J connectivity index is 1.84. The molecule has 1 saturated heterocycles. The molecular formula is C20H20ClN3O3. The van der Waals surface area contributed by atoms with Crippen LogP contribution in [0.3, 0.4) is 0 Å². The zero-order valence-corrected chi connectivity index (χ0v) is 15.4. The van der Waals surface area contributed by atoms with E-state index < -0.39 is 10.8 Å². The minimum Gasteiger partial charge on any atom is -0.480 e. The number of fused-ring (bicyclic) bond motifs is 2. The van der Waals surface area contributed by atoms with Crippen molar-refractivity contribution >= 4 is 29.0 Å². The second-order valence-corrected chi connectivity index (χ2v) is 7.34. The number of carboxylic acids is 1. The fourth-order valence-electron chi connectivity index (χ4n) is 3.47. The summed E-state index contributed by atoms with van der Waals surface area (Å²) in [5, 5.41) is 16.7. The van der Waals surface area contributed by atoms with E-state index in [-0.39, 0.29) is 12.5 Å². The van der Waals surface area contributed by atoms with E-state index in [1.54, 1.807) is 18.2 Å². The Hall–Kier alpha value is -2.41. The van der Waals surface area contributed by atoms with E-state index in [9.17, 15) is 9.90 Å². The van der Waals surface area contributed by atoms with Crippen molar-refractivity contribution in [2.75, 3.05) is 19.6 Å². The molecule has 140 valence electrons. The number of aliphatic imine (C=N–C) groups is 1. The third-order valence-corrected chi connectivity index (χ3v) is 5.32. The van der Waals surface area contributed by atoms with Gasteiger partial charge in [0, 0.05) is 31.2 Å².